The van der Waals surface area contributed by atoms with Crippen LogP contribution in [0, 0.1) is 11.7 Å². The van der Waals surface area contributed by atoms with Crippen molar-refractivity contribution in [1.82, 2.24) is 4.90 Å². The third-order valence-electron chi connectivity index (χ3n) is 4.40. The molecule has 1 fully saturated rings. The van der Waals surface area contributed by atoms with Crippen LogP contribution in [-0.4, -0.2) is 30.1 Å². The predicted molar refractivity (Wildman–Crippen MR) is 82.2 cm³/mol. The highest BCUT2D eigenvalue weighted by Crippen LogP contribution is 2.33. The van der Waals surface area contributed by atoms with Gasteiger partial charge in [0.1, 0.15) is 5.82 Å². The lowest BCUT2D eigenvalue weighted by atomic mass is 9.90. The second kappa shape index (κ2) is 6.68. The molecule has 0 bridgehead atoms. The van der Waals surface area contributed by atoms with Gasteiger partial charge < -0.3 is 5.73 Å². The van der Waals surface area contributed by atoms with Gasteiger partial charge in [0.05, 0.1) is 0 Å². The zero-order valence-corrected chi connectivity index (χ0v) is 12.7. The molecule has 0 aromatic heterocycles. The van der Waals surface area contributed by atoms with Crippen LogP contribution in [0.2, 0.25) is 0 Å². The smallest absolute Gasteiger partial charge is 0.126 e. The van der Waals surface area contributed by atoms with Crippen LogP contribution >= 0.6 is 0 Å². The van der Waals surface area contributed by atoms with Gasteiger partial charge in [-0.3, -0.25) is 4.90 Å². The molecule has 1 atom stereocenters. The van der Waals surface area contributed by atoms with Crippen molar-refractivity contribution in [2.75, 3.05) is 19.6 Å². The van der Waals surface area contributed by atoms with E-state index in [9.17, 15) is 4.39 Å². The standard InChI is InChI=1S/C17H27FN2/c1-3-10-20(12-14-8-9-14)17(2,13-19)11-15-6-4-5-7-16(15)18/h4-7,14H,3,8-13,19H2,1-2H3. The van der Waals surface area contributed by atoms with Crippen molar-refractivity contribution in [3.05, 3.63) is 35.6 Å². The van der Waals surface area contributed by atoms with Crippen molar-refractivity contribution in [2.45, 2.75) is 45.1 Å². The van der Waals surface area contributed by atoms with Gasteiger partial charge in [-0.15, -0.1) is 0 Å². The fraction of sp³-hybridized carbons (Fsp3) is 0.647. The zero-order valence-electron chi connectivity index (χ0n) is 12.7. The molecule has 1 unspecified atom stereocenters. The highest BCUT2D eigenvalue weighted by molar-refractivity contribution is 5.20. The summed E-state index contributed by atoms with van der Waals surface area (Å²) in [5.74, 6) is 0.711. The Hall–Kier alpha value is -0.930. The van der Waals surface area contributed by atoms with Crippen LogP contribution in [0.15, 0.2) is 24.3 Å². The van der Waals surface area contributed by atoms with E-state index in [4.69, 9.17) is 5.73 Å². The van der Waals surface area contributed by atoms with Gasteiger partial charge in [0.25, 0.3) is 0 Å². The summed E-state index contributed by atoms with van der Waals surface area (Å²) in [7, 11) is 0. The molecule has 1 saturated carbocycles. The lowest BCUT2D eigenvalue weighted by Gasteiger charge is -2.41. The molecule has 0 heterocycles. The first-order chi connectivity index (χ1) is 9.59. The topological polar surface area (TPSA) is 29.3 Å². The van der Waals surface area contributed by atoms with E-state index in [-0.39, 0.29) is 11.4 Å². The molecule has 2 nitrogen and oxygen atoms in total. The molecular weight excluding hydrogens is 251 g/mol. The Labute approximate surface area is 122 Å². The largest absolute Gasteiger partial charge is 0.329 e. The van der Waals surface area contributed by atoms with E-state index in [1.54, 1.807) is 6.07 Å². The lowest BCUT2D eigenvalue weighted by Crippen LogP contribution is -2.54. The molecule has 1 aromatic rings. The first-order valence-electron chi connectivity index (χ1n) is 7.77. The number of nitrogens with zero attached hydrogens (tertiary/aromatic N) is 1. The number of halogens is 1. The van der Waals surface area contributed by atoms with Crippen molar-refractivity contribution in [3.63, 3.8) is 0 Å². The molecule has 20 heavy (non-hydrogen) atoms. The minimum absolute atomic E-state index is 0.116. The highest BCUT2D eigenvalue weighted by atomic mass is 19.1. The second-order valence-electron chi connectivity index (χ2n) is 6.36. The number of nitrogens with two attached hydrogens (primary N) is 1. The summed E-state index contributed by atoms with van der Waals surface area (Å²) >= 11 is 0. The number of benzene rings is 1. The molecule has 0 saturated heterocycles. The van der Waals surface area contributed by atoms with Gasteiger partial charge in [-0.25, -0.2) is 4.39 Å². The molecular formula is C17H27FN2. The van der Waals surface area contributed by atoms with Gasteiger partial charge in [-0.2, -0.15) is 0 Å². The average molecular weight is 278 g/mol. The Morgan fingerprint density at radius 2 is 2.05 bits per heavy atom. The summed E-state index contributed by atoms with van der Waals surface area (Å²) < 4.78 is 13.9. The first kappa shape index (κ1) is 15.5. The summed E-state index contributed by atoms with van der Waals surface area (Å²) in [4.78, 5) is 2.48. The number of hydrogen-bond donors (Lipinski definition) is 1. The SMILES string of the molecule is CCCN(CC1CC1)C(C)(CN)Cc1ccccc1F. The average Bonchev–Trinajstić information content (AvgIpc) is 3.25. The van der Waals surface area contributed by atoms with E-state index in [1.807, 2.05) is 12.1 Å². The van der Waals surface area contributed by atoms with Crippen LogP contribution in [-0.2, 0) is 6.42 Å². The van der Waals surface area contributed by atoms with Gasteiger partial charge >= 0.3 is 0 Å². The number of rotatable bonds is 8. The Kier molecular flexibility index (Phi) is 5.17. The molecule has 1 aliphatic rings. The highest BCUT2D eigenvalue weighted by Gasteiger charge is 2.35. The van der Waals surface area contributed by atoms with Gasteiger partial charge in [0, 0.05) is 18.6 Å². The van der Waals surface area contributed by atoms with Gasteiger partial charge in [-0.1, -0.05) is 25.1 Å². The fourth-order valence-electron chi connectivity index (χ4n) is 2.83. The summed E-state index contributed by atoms with van der Waals surface area (Å²) in [6, 6.07) is 7.06. The molecule has 0 aliphatic heterocycles. The van der Waals surface area contributed by atoms with Crippen LogP contribution in [0.25, 0.3) is 0 Å². The van der Waals surface area contributed by atoms with Crippen LogP contribution in [0.5, 0.6) is 0 Å². The first-order valence-corrected chi connectivity index (χ1v) is 7.77. The molecule has 0 amide bonds. The van der Waals surface area contributed by atoms with Crippen molar-refractivity contribution in [3.8, 4) is 0 Å². The maximum Gasteiger partial charge on any atom is 0.126 e. The van der Waals surface area contributed by atoms with Crippen LogP contribution < -0.4 is 5.73 Å². The van der Waals surface area contributed by atoms with Gasteiger partial charge in [-0.05, 0) is 56.7 Å². The monoisotopic (exact) mass is 278 g/mol. The number of hydrogen-bond acceptors (Lipinski definition) is 2. The van der Waals surface area contributed by atoms with Crippen LogP contribution in [0.1, 0.15) is 38.7 Å². The lowest BCUT2D eigenvalue weighted by molar-refractivity contribution is 0.103. The maximum atomic E-state index is 13.9. The third-order valence-corrected chi connectivity index (χ3v) is 4.40. The quantitative estimate of drug-likeness (QED) is 0.791. The minimum Gasteiger partial charge on any atom is -0.329 e. The predicted octanol–water partition coefficient (Wildman–Crippen LogP) is 3.21. The second-order valence-corrected chi connectivity index (χ2v) is 6.36. The third kappa shape index (κ3) is 3.80. The molecule has 0 radical (unpaired) electrons. The fourth-order valence-corrected chi connectivity index (χ4v) is 2.83. The Bertz CT molecular complexity index is 431. The maximum absolute atomic E-state index is 13.9. The summed E-state index contributed by atoms with van der Waals surface area (Å²) in [6.07, 6.45) is 4.46. The minimum atomic E-state index is -0.152. The Morgan fingerprint density at radius 3 is 2.60 bits per heavy atom. The van der Waals surface area contributed by atoms with Crippen molar-refractivity contribution < 1.29 is 4.39 Å². The van der Waals surface area contributed by atoms with E-state index in [2.05, 4.69) is 18.7 Å². The van der Waals surface area contributed by atoms with Crippen molar-refractivity contribution >= 4 is 0 Å². The van der Waals surface area contributed by atoms with E-state index >= 15 is 0 Å². The van der Waals surface area contributed by atoms with Crippen LogP contribution in [0.4, 0.5) is 4.39 Å². The molecule has 3 heteroatoms. The summed E-state index contributed by atoms with van der Waals surface area (Å²) in [5.41, 5.74) is 6.69. The van der Waals surface area contributed by atoms with Crippen molar-refractivity contribution in [2.24, 2.45) is 11.7 Å². The summed E-state index contributed by atoms with van der Waals surface area (Å²) in [6.45, 7) is 7.08. The van der Waals surface area contributed by atoms with E-state index < -0.39 is 0 Å². The van der Waals surface area contributed by atoms with Gasteiger partial charge in [0.15, 0.2) is 0 Å². The normalized spacial score (nSPS) is 18.2. The summed E-state index contributed by atoms with van der Waals surface area (Å²) in [5, 5.41) is 0. The Morgan fingerprint density at radius 1 is 1.35 bits per heavy atom. The molecule has 0 spiro atoms. The zero-order chi connectivity index (χ0) is 14.6. The van der Waals surface area contributed by atoms with Crippen LogP contribution in [0.3, 0.4) is 0 Å². The van der Waals surface area contributed by atoms with E-state index in [0.717, 1.165) is 31.0 Å². The molecule has 2 rings (SSSR count). The van der Waals surface area contributed by atoms with E-state index in [1.165, 1.54) is 18.9 Å². The Balaban J connectivity index is 2.14. The molecule has 1 aliphatic carbocycles. The van der Waals surface area contributed by atoms with E-state index in [0.29, 0.717) is 13.0 Å². The molecule has 1 aromatic carbocycles. The van der Waals surface area contributed by atoms with Crippen molar-refractivity contribution in [1.29, 1.82) is 0 Å². The molecule has 2 N–H and O–H groups in total. The molecule has 112 valence electrons. The van der Waals surface area contributed by atoms with Gasteiger partial charge in [0.2, 0.25) is 0 Å².